The van der Waals surface area contributed by atoms with Crippen molar-refractivity contribution in [2.24, 2.45) is 0 Å². The molecule has 2 heterocycles. The average Bonchev–Trinajstić information content (AvgIpc) is 2.26. The summed E-state index contributed by atoms with van der Waals surface area (Å²) in [7, 11) is 0. The van der Waals surface area contributed by atoms with E-state index in [1.807, 2.05) is 0 Å². The molecule has 0 saturated carbocycles. The van der Waals surface area contributed by atoms with E-state index < -0.39 is 4.92 Å². The molecule has 8 nitrogen and oxygen atoms in total. The van der Waals surface area contributed by atoms with Crippen molar-refractivity contribution in [3.05, 3.63) is 44.4 Å². The number of nitro groups is 1. The molecular formula is C10H9N5O3S. The molecule has 98 valence electrons. The molecule has 0 saturated heterocycles. The standard InChI is InChI=1S/C10H9N5O3S/c1-5-2-8(16)14-10(12-5)19-9-4-6(15(17)18)3-7(11)13-9/h2-4H,1H3,(H2,11,13)(H,12,14,16). The Balaban J connectivity index is 2.37. The second kappa shape index (κ2) is 5.06. The summed E-state index contributed by atoms with van der Waals surface area (Å²) in [6.45, 7) is 1.68. The van der Waals surface area contributed by atoms with Gasteiger partial charge in [0.05, 0.1) is 11.0 Å². The first-order valence-corrected chi connectivity index (χ1v) is 5.93. The maximum Gasteiger partial charge on any atom is 0.275 e. The van der Waals surface area contributed by atoms with Crippen molar-refractivity contribution in [3.63, 3.8) is 0 Å². The van der Waals surface area contributed by atoms with E-state index in [9.17, 15) is 14.9 Å². The first kappa shape index (κ1) is 13.0. The van der Waals surface area contributed by atoms with Crippen LogP contribution in [-0.2, 0) is 0 Å². The number of nitrogens with zero attached hydrogens (tertiary/aromatic N) is 3. The van der Waals surface area contributed by atoms with Crippen molar-refractivity contribution in [2.75, 3.05) is 5.73 Å². The zero-order valence-corrected chi connectivity index (χ0v) is 10.6. The molecule has 0 aliphatic carbocycles. The van der Waals surface area contributed by atoms with Crippen LogP contribution in [0.15, 0.2) is 33.2 Å². The minimum absolute atomic E-state index is 0.0340. The molecule has 0 radical (unpaired) electrons. The molecule has 2 rings (SSSR count). The first-order chi connectivity index (χ1) is 8.94. The minimum atomic E-state index is -0.561. The van der Waals surface area contributed by atoms with Gasteiger partial charge in [-0.2, -0.15) is 0 Å². The Kier molecular flexibility index (Phi) is 3.47. The number of aryl methyl sites for hydroxylation is 1. The van der Waals surface area contributed by atoms with Crippen molar-refractivity contribution in [2.45, 2.75) is 17.1 Å². The highest BCUT2D eigenvalue weighted by molar-refractivity contribution is 7.99. The van der Waals surface area contributed by atoms with E-state index in [-0.39, 0.29) is 17.1 Å². The fraction of sp³-hybridized carbons (Fsp3) is 0.100. The van der Waals surface area contributed by atoms with Crippen molar-refractivity contribution >= 4 is 23.3 Å². The molecule has 0 aromatic carbocycles. The summed E-state index contributed by atoms with van der Waals surface area (Å²) in [6.07, 6.45) is 0. The summed E-state index contributed by atoms with van der Waals surface area (Å²) < 4.78 is 0. The van der Waals surface area contributed by atoms with Crippen LogP contribution in [0.4, 0.5) is 11.5 Å². The number of nitrogens with two attached hydrogens (primary N) is 1. The molecular weight excluding hydrogens is 270 g/mol. The van der Waals surface area contributed by atoms with Gasteiger partial charge in [0.15, 0.2) is 5.16 Å². The van der Waals surface area contributed by atoms with Crippen LogP contribution in [0.2, 0.25) is 0 Å². The lowest BCUT2D eigenvalue weighted by Crippen LogP contribution is -2.08. The topological polar surface area (TPSA) is 128 Å². The van der Waals surface area contributed by atoms with Crippen molar-refractivity contribution in [3.8, 4) is 0 Å². The lowest BCUT2D eigenvalue weighted by molar-refractivity contribution is -0.385. The largest absolute Gasteiger partial charge is 0.383 e. The van der Waals surface area contributed by atoms with Gasteiger partial charge in [0.1, 0.15) is 10.8 Å². The highest BCUT2D eigenvalue weighted by Crippen LogP contribution is 2.26. The average molecular weight is 279 g/mol. The number of H-pyrrole nitrogens is 1. The molecule has 0 aliphatic heterocycles. The fourth-order valence-corrected chi connectivity index (χ4v) is 2.24. The van der Waals surface area contributed by atoms with E-state index in [0.717, 1.165) is 17.8 Å². The number of rotatable bonds is 3. The van der Waals surface area contributed by atoms with Crippen LogP contribution >= 0.6 is 11.8 Å². The van der Waals surface area contributed by atoms with Crippen LogP contribution in [-0.4, -0.2) is 19.9 Å². The molecule has 0 amide bonds. The van der Waals surface area contributed by atoms with Crippen molar-refractivity contribution in [1.82, 2.24) is 15.0 Å². The van der Waals surface area contributed by atoms with Crippen molar-refractivity contribution in [1.29, 1.82) is 0 Å². The third kappa shape index (κ3) is 3.28. The van der Waals surface area contributed by atoms with E-state index in [1.54, 1.807) is 6.92 Å². The number of hydrogen-bond donors (Lipinski definition) is 2. The molecule has 0 atom stereocenters. The Bertz CT molecular complexity index is 700. The predicted molar refractivity (Wildman–Crippen MR) is 69.0 cm³/mol. The van der Waals surface area contributed by atoms with Crippen molar-refractivity contribution < 1.29 is 4.92 Å². The van der Waals surface area contributed by atoms with Gasteiger partial charge in [-0.25, -0.2) is 9.97 Å². The van der Waals surface area contributed by atoms with Crippen LogP contribution in [0.3, 0.4) is 0 Å². The number of aromatic amines is 1. The van der Waals surface area contributed by atoms with Gasteiger partial charge in [-0.05, 0) is 18.7 Å². The molecule has 19 heavy (non-hydrogen) atoms. The van der Waals surface area contributed by atoms with Gasteiger partial charge in [0.2, 0.25) is 0 Å². The monoisotopic (exact) mass is 279 g/mol. The molecule has 9 heteroatoms. The van der Waals surface area contributed by atoms with Gasteiger partial charge in [0, 0.05) is 17.8 Å². The van der Waals surface area contributed by atoms with Gasteiger partial charge < -0.3 is 10.7 Å². The maximum atomic E-state index is 11.3. The molecule has 0 bridgehead atoms. The van der Waals surface area contributed by atoms with E-state index in [1.165, 1.54) is 12.1 Å². The minimum Gasteiger partial charge on any atom is -0.383 e. The van der Waals surface area contributed by atoms with Gasteiger partial charge in [-0.15, -0.1) is 0 Å². The quantitative estimate of drug-likeness (QED) is 0.489. The Morgan fingerprint density at radius 3 is 2.74 bits per heavy atom. The SMILES string of the molecule is Cc1cc(=O)[nH]c(Sc2cc([N+](=O)[O-])cc(N)n2)n1. The van der Waals surface area contributed by atoms with Gasteiger partial charge in [-0.1, -0.05) is 0 Å². The molecule has 2 aromatic heterocycles. The fourth-order valence-electron chi connectivity index (χ4n) is 1.37. The highest BCUT2D eigenvalue weighted by Gasteiger charge is 2.11. The number of aromatic nitrogens is 3. The van der Waals surface area contributed by atoms with Crippen LogP contribution in [0.5, 0.6) is 0 Å². The number of pyridine rings is 1. The van der Waals surface area contributed by atoms with E-state index >= 15 is 0 Å². The van der Waals surface area contributed by atoms with E-state index in [4.69, 9.17) is 5.73 Å². The predicted octanol–water partition coefficient (Wildman–Crippen LogP) is 1.11. The normalized spacial score (nSPS) is 10.4. The lowest BCUT2D eigenvalue weighted by Gasteiger charge is -2.02. The zero-order chi connectivity index (χ0) is 14.0. The molecule has 0 spiro atoms. The molecule has 3 N–H and O–H groups in total. The summed E-state index contributed by atoms with van der Waals surface area (Å²) in [5.74, 6) is 0.0340. The second-order valence-corrected chi connectivity index (χ2v) is 4.65. The second-order valence-electron chi connectivity index (χ2n) is 3.64. The van der Waals surface area contributed by atoms with Gasteiger partial charge in [-0.3, -0.25) is 14.9 Å². The maximum absolute atomic E-state index is 11.3. The van der Waals surface area contributed by atoms with Gasteiger partial charge in [0.25, 0.3) is 11.2 Å². The zero-order valence-electron chi connectivity index (χ0n) is 9.78. The summed E-state index contributed by atoms with van der Waals surface area (Å²) in [5, 5.41) is 11.3. The highest BCUT2D eigenvalue weighted by atomic mass is 32.2. The summed E-state index contributed by atoms with van der Waals surface area (Å²) in [5.41, 5.74) is 5.58. The summed E-state index contributed by atoms with van der Waals surface area (Å²) in [4.78, 5) is 32.0. The Labute approximate surface area is 111 Å². The Morgan fingerprint density at radius 1 is 1.37 bits per heavy atom. The van der Waals surface area contributed by atoms with E-state index in [2.05, 4.69) is 15.0 Å². The molecule has 2 aromatic rings. The third-order valence-electron chi connectivity index (χ3n) is 2.07. The van der Waals surface area contributed by atoms with Crippen LogP contribution in [0.25, 0.3) is 0 Å². The third-order valence-corrected chi connectivity index (χ3v) is 2.87. The van der Waals surface area contributed by atoms with Crippen LogP contribution < -0.4 is 11.3 Å². The first-order valence-electron chi connectivity index (χ1n) is 5.12. The van der Waals surface area contributed by atoms with Crippen LogP contribution in [0, 0.1) is 17.0 Å². The molecule has 0 fully saturated rings. The summed E-state index contributed by atoms with van der Waals surface area (Å²) in [6, 6.07) is 3.78. The summed E-state index contributed by atoms with van der Waals surface area (Å²) >= 11 is 0.999. The smallest absolute Gasteiger partial charge is 0.275 e. The molecule has 0 unspecified atom stereocenters. The van der Waals surface area contributed by atoms with Gasteiger partial charge >= 0.3 is 0 Å². The number of anilines is 1. The number of nitrogen functional groups attached to an aromatic ring is 1. The lowest BCUT2D eigenvalue weighted by atomic mass is 10.4. The molecule has 0 aliphatic rings. The van der Waals surface area contributed by atoms with E-state index in [0.29, 0.717) is 15.9 Å². The Morgan fingerprint density at radius 2 is 2.11 bits per heavy atom. The number of nitrogens with one attached hydrogen (secondary N) is 1. The van der Waals surface area contributed by atoms with Crippen LogP contribution in [0.1, 0.15) is 5.69 Å². The Hall–Kier alpha value is -2.42. The number of hydrogen-bond acceptors (Lipinski definition) is 7.